The number of Topliss-reactive ketones (excluding diaryl/α,β-unsaturated/α-hetero) is 1. The number of ketones is 1. The summed E-state index contributed by atoms with van der Waals surface area (Å²) in [6.45, 7) is 4.65. The maximum absolute atomic E-state index is 13.1. The molecule has 1 saturated heterocycles. The summed E-state index contributed by atoms with van der Waals surface area (Å²) in [5, 5.41) is 11.8. The van der Waals surface area contributed by atoms with Crippen molar-refractivity contribution in [2.24, 2.45) is 0 Å². The fourth-order valence-electron chi connectivity index (χ4n) is 4.12. The molecule has 1 aromatic carbocycles. The first-order valence-electron chi connectivity index (χ1n) is 10.3. The van der Waals surface area contributed by atoms with Gasteiger partial charge in [0.2, 0.25) is 0 Å². The van der Waals surface area contributed by atoms with Crippen LogP contribution < -0.4 is 0 Å². The summed E-state index contributed by atoms with van der Waals surface area (Å²) in [5.74, 6) is -1.64. The van der Waals surface area contributed by atoms with Crippen LogP contribution in [0.25, 0.3) is 11.4 Å². The van der Waals surface area contributed by atoms with Gasteiger partial charge in [0, 0.05) is 24.3 Å². The monoisotopic (exact) mass is 452 g/mol. The molecule has 166 valence electrons. The molecule has 1 fully saturated rings. The molecule has 0 spiro atoms. The summed E-state index contributed by atoms with van der Waals surface area (Å²) in [5.41, 5.74) is 3.29. The van der Waals surface area contributed by atoms with Crippen LogP contribution in [0.5, 0.6) is 0 Å². The van der Waals surface area contributed by atoms with Crippen molar-refractivity contribution in [2.45, 2.75) is 19.9 Å². The van der Waals surface area contributed by atoms with Gasteiger partial charge in [-0.25, -0.2) is 4.98 Å². The molecule has 0 aliphatic carbocycles. The molecule has 1 atom stereocenters. The zero-order valence-corrected chi connectivity index (χ0v) is 19.2. The van der Waals surface area contributed by atoms with Crippen molar-refractivity contribution in [3.8, 4) is 0 Å². The molecule has 7 nitrogen and oxygen atoms in total. The van der Waals surface area contributed by atoms with Gasteiger partial charge >= 0.3 is 0 Å². The fourth-order valence-corrected chi connectivity index (χ4v) is 4.31. The second-order valence-corrected chi connectivity index (χ2v) is 8.72. The molecule has 3 heterocycles. The van der Waals surface area contributed by atoms with E-state index in [-0.39, 0.29) is 17.0 Å². The molecule has 1 N–H and O–H groups in total. The Morgan fingerprint density at radius 1 is 1.19 bits per heavy atom. The molecule has 0 bridgehead atoms. The summed E-state index contributed by atoms with van der Waals surface area (Å²) >= 11 is 6.22. The number of hydrogen-bond acceptors (Lipinski definition) is 5. The molecule has 8 heteroatoms. The molecular formula is C24H25ClN4O3. The van der Waals surface area contributed by atoms with Gasteiger partial charge in [-0.2, -0.15) is 0 Å². The number of imidazole rings is 1. The summed E-state index contributed by atoms with van der Waals surface area (Å²) in [6.07, 6.45) is 1.85. The summed E-state index contributed by atoms with van der Waals surface area (Å²) in [4.78, 5) is 34.2. The van der Waals surface area contributed by atoms with Gasteiger partial charge < -0.3 is 19.3 Å². The minimum Gasteiger partial charge on any atom is -0.505 e. The highest BCUT2D eigenvalue weighted by Crippen LogP contribution is 2.40. The van der Waals surface area contributed by atoms with E-state index in [9.17, 15) is 14.7 Å². The Kier molecular flexibility index (Phi) is 5.79. The molecule has 2 aromatic heterocycles. The number of likely N-dealkylation sites (N-methyl/N-ethyl adjacent to an activating group) is 1. The second kappa shape index (κ2) is 8.41. The van der Waals surface area contributed by atoms with E-state index in [0.29, 0.717) is 35.0 Å². The molecule has 1 unspecified atom stereocenters. The number of aromatic nitrogens is 2. The molecule has 3 aromatic rings. The molecule has 0 saturated carbocycles. The van der Waals surface area contributed by atoms with E-state index in [0.717, 1.165) is 5.56 Å². The Morgan fingerprint density at radius 2 is 1.94 bits per heavy atom. The number of likely N-dealkylation sites (tertiary alicyclic amines) is 1. The third-order valence-electron chi connectivity index (χ3n) is 5.80. The Hall–Kier alpha value is -3.16. The number of aryl methyl sites for hydroxylation is 2. The number of hydrogen-bond donors (Lipinski definition) is 1. The number of benzene rings is 1. The number of aliphatic hydroxyl groups is 1. The summed E-state index contributed by atoms with van der Waals surface area (Å²) in [6, 6.07) is 10.1. The number of halogens is 1. The van der Waals surface area contributed by atoms with Crippen LogP contribution in [-0.2, 0) is 9.59 Å². The van der Waals surface area contributed by atoms with Crippen LogP contribution in [-0.4, -0.2) is 63.2 Å². The maximum atomic E-state index is 13.1. The van der Waals surface area contributed by atoms with E-state index in [1.54, 1.807) is 24.3 Å². The lowest BCUT2D eigenvalue weighted by molar-refractivity contribution is -0.140. The lowest BCUT2D eigenvalue weighted by Gasteiger charge is -2.26. The average molecular weight is 453 g/mol. The van der Waals surface area contributed by atoms with Gasteiger partial charge in [0.05, 0.1) is 17.3 Å². The highest BCUT2D eigenvalue weighted by Gasteiger charge is 2.46. The van der Waals surface area contributed by atoms with Crippen molar-refractivity contribution >= 4 is 34.7 Å². The second-order valence-electron chi connectivity index (χ2n) is 8.28. The van der Waals surface area contributed by atoms with Crippen molar-refractivity contribution in [2.75, 3.05) is 27.2 Å². The molecule has 1 amide bonds. The smallest absolute Gasteiger partial charge is 0.295 e. The number of carbonyl (C=O) groups excluding carboxylic acids is 2. The minimum atomic E-state index is -0.751. The first-order chi connectivity index (χ1) is 15.2. The van der Waals surface area contributed by atoms with Crippen molar-refractivity contribution in [1.82, 2.24) is 19.2 Å². The highest BCUT2D eigenvalue weighted by molar-refractivity contribution is 6.46. The Morgan fingerprint density at radius 3 is 2.59 bits per heavy atom. The number of rotatable bonds is 5. The third-order valence-corrected chi connectivity index (χ3v) is 6.04. The van der Waals surface area contributed by atoms with Crippen LogP contribution in [0.1, 0.15) is 28.6 Å². The summed E-state index contributed by atoms with van der Waals surface area (Å²) < 4.78 is 1.86. The molecule has 1 aliphatic rings. The average Bonchev–Trinajstić information content (AvgIpc) is 3.22. The van der Waals surface area contributed by atoms with E-state index in [2.05, 4.69) is 4.98 Å². The zero-order chi connectivity index (χ0) is 23.2. The normalized spacial score (nSPS) is 18.3. The quantitative estimate of drug-likeness (QED) is 0.363. The SMILES string of the molecule is Cc1cccn2c(C)c(/C(O)=C3\C(=O)C(=O)N(CCN(C)C)C3c3cccc(Cl)c3)nc12. The molecule has 1 aliphatic heterocycles. The minimum absolute atomic E-state index is 0.0279. The van der Waals surface area contributed by atoms with Crippen LogP contribution in [0.3, 0.4) is 0 Å². The first-order valence-corrected chi connectivity index (χ1v) is 10.7. The molecule has 4 rings (SSSR count). The number of carbonyl (C=O) groups is 2. The molecule has 32 heavy (non-hydrogen) atoms. The number of aliphatic hydroxyl groups excluding tert-OH is 1. The van der Waals surface area contributed by atoms with Crippen molar-refractivity contribution in [3.05, 3.63) is 75.7 Å². The van der Waals surface area contributed by atoms with Crippen molar-refractivity contribution in [3.63, 3.8) is 0 Å². The number of amides is 1. The largest absolute Gasteiger partial charge is 0.505 e. The molecular weight excluding hydrogens is 428 g/mol. The molecule has 0 radical (unpaired) electrons. The van der Waals surface area contributed by atoms with Gasteiger partial charge in [-0.1, -0.05) is 29.8 Å². The fraction of sp³-hybridized carbons (Fsp3) is 0.292. The van der Waals surface area contributed by atoms with Gasteiger partial charge in [0.1, 0.15) is 11.3 Å². The van der Waals surface area contributed by atoms with Gasteiger partial charge in [-0.05, 0) is 57.3 Å². The topological polar surface area (TPSA) is 78.2 Å². The zero-order valence-electron chi connectivity index (χ0n) is 18.5. The van der Waals surface area contributed by atoms with Crippen molar-refractivity contribution < 1.29 is 14.7 Å². The van der Waals surface area contributed by atoms with Gasteiger partial charge in [0.25, 0.3) is 11.7 Å². The van der Waals surface area contributed by atoms with Gasteiger partial charge in [-0.3, -0.25) is 9.59 Å². The van der Waals surface area contributed by atoms with E-state index in [1.165, 1.54) is 4.90 Å². The first kappa shape index (κ1) is 22.0. The van der Waals surface area contributed by atoms with E-state index in [1.807, 2.05) is 55.6 Å². The number of pyridine rings is 1. The van der Waals surface area contributed by atoms with E-state index >= 15 is 0 Å². The lowest BCUT2D eigenvalue weighted by atomic mass is 9.96. The standard InChI is InChI=1S/C24H25ClN4O3/c1-14-7-6-10-28-15(2)19(26-23(14)28)21(30)18-20(16-8-5-9-17(25)13-16)29(12-11-27(3)4)24(32)22(18)31/h5-10,13,20,30H,11-12H2,1-4H3/b21-18+. The highest BCUT2D eigenvalue weighted by atomic mass is 35.5. The Bertz CT molecular complexity index is 1260. The number of nitrogens with zero attached hydrogens (tertiary/aromatic N) is 4. The predicted molar refractivity (Wildman–Crippen MR) is 124 cm³/mol. The lowest BCUT2D eigenvalue weighted by Crippen LogP contribution is -2.35. The van der Waals surface area contributed by atoms with Crippen LogP contribution in [0.15, 0.2) is 48.2 Å². The van der Waals surface area contributed by atoms with E-state index in [4.69, 9.17) is 11.6 Å². The third kappa shape index (κ3) is 3.67. The van der Waals surface area contributed by atoms with E-state index < -0.39 is 17.7 Å². The number of fused-ring (bicyclic) bond motifs is 1. The Labute approximate surface area is 191 Å². The Balaban J connectivity index is 1.92. The van der Waals surface area contributed by atoms with Crippen molar-refractivity contribution in [1.29, 1.82) is 0 Å². The van der Waals surface area contributed by atoms with Gasteiger partial charge in [-0.15, -0.1) is 0 Å². The van der Waals surface area contributed by atoms with Gasteiger partial charge in [0.15, 0.2) is 5.76 Å². The summed E-state index contributed by atoms with van der Waals surface area (Å²) in [7, 11) is 3.79. The van der Waals surface area contributed by atoms with Crippen LogP contribution in [0.2, 0.25) is 5.02 Å². The maximum Gasteiger partial charge on any atom is 0.295 e. The van der Waals surface area contributed by atoms with Crippen LogP contribution in [0.4, 0.5) is 0 Å². The predicted octanol–water partition coefficient (Wildman–Crippen LogP) is 3.59. The van der Waals surface area contributed by atoms with Crippen LogP contribution >= 0.6 is 11.6 Å². The van der Waals surface area contributed by atoms with Crippen LogP contribution in [0, 0.1) is 13.8 Å².